The van der Waals surface area contributed by atoms with Crippen molar-refractivity contribution >= 4 is 44.8 Å². The second-order valence-corrected chi connectivity index (χ2v) is 10.5. The van der Waals surface area contributed by atoms with Gasteiger partial charge in [0.15, 0.2) is 0 Å². The highest BCUT2D eigenvalue weighted by Gasteiger charge is 2.25. The molecule has 0 bridgehead atoms. The number of likely N-dealkylation sites (tertiary alicyclic amines) is 1. The molecule has 31 heavy (non-hydrogen) atoms. The molecule has 1 heterocycles. The SMILES string of the molecule is CS(=O)(=O)N(Cc1cccc(Cl)c1Cl)c1ccc(C(CC(N)=O)N2CCCCC2)cc1. The van der Waals surface area contributed by atoms with Crippen LogP contribution in [0.25, 0.3) is 0 Å². The van der Waals surface area contributed by atoms with Crippen LogP contribution in [0.5, 0.6) is 0 Å². The van der Waals surface area contributed by atoms with Crippen LogP contribution in [0, 0.1) is 0 Å². The monoisotopic (exact) mass is 483 g/mol. The molecule has 1 unspecified atom stereocenters. The van der Waals surface area contributed by atoms with Crippen LogP contribution < -0.4 is 10.0 Å². The van der Waals surface area contributed by atoms with Gasteiger partial charge in [0.25, 0.3) is 0 Å². The van der Waals surface area contributed by atoms with Gasteiger partial charge in [-0.1, -0.05) is 53.9 Å². The second-order valence-electron chi connectivity index (χ2n) is 7.86. The van der Waals surface area contributed by atoms with Gasteiger partial charge in [-0.3, -0.25) is 14.0 Å². The first-order valence-electron chi connectivity index (χ1n) is 10.2. The average Bonchev–Trinajstić information content (AvgIpc) is 2.73. The van der Waals surface area contributed by atoms with Crippen molar-refractivity contribution in [3.63, 3.8) is 0 Å². The van der Waals surface area contributed by atoms with Crippen LogP contribution in [-0.2, 0) is 21.4 Å². The van der Waals surface area contributed by atoms with E-state index in [9.17, 15) is 13.2 Å². The molecule has 2 aromatic rings. The minimum atomic E-state index is -3.57. The largest absolute Gasteiger partial charge is 0.370 e. The van der Waals surface area contributed by atoms with E-state index in [0.29, 0.717) is 21.3 Å². The molecule has 168 valence electrons. The number of nitrogens with zero attached hydrogens (tertiary/aromatic N) is 2. The van der Waals surface area contributed by atoms with Crippen molar-refractivity contribution in [3.05, 3.63) is 63.6 Å². The zero-order valence-corrected chi connectivity index (χ0v) is 19.8. The van der Waals surface area contributed by atoms with E-state index in [1.165, 1.54) is 10.7 Å². The molecule has 3 rings (SSSR count). The molecule has 0 saturated carbocycles. The smallest absolute Gasteiger partial charge is 0.232 e. The number of piperidine rings is 1. The Morgan fingerprint density at radius 2 is 1.74 bits per heavy atom. The van der Waals surface area contributed by atoms with Crippen molar-refractivity contribution in [2.24, 2.45) is 5.73 Å². The first kappa shape index (κ1) is 23.9. The van der Waals surface area contributed by atoms with Crippen LogP contribution in [0.4, 0.5) is 5.69 Å². The topological polar surface area (TPSA) is 83.7 Å². The van der Waals surface area contributed by atoms with Crippen molar-refractivity contribution in [1.82, 2.24) is 4.90 Å². The third-order valence-electron chi connectivity index (χ3n) is 5.54. The van der Waals surface area contributed by atoms with E-state index >= 15 is 0 Å². The van der Waals surface area contributed by atoms with Crippen LogP contribution in [0.1, 0.15) is 42.9 Å². The molecule has 0 aromatic heterocycles. The number of nitrogens with two attached hydrogens (primary N) is 1. The number of carbonyl (C=O) groups excluding carboxylic acids is 1. The van der Waals surface area contributed by atoms with Gasteiger partial charge in [-0.05, 0) is 55.3 Å². The number of carbonyl (C=O) groups is 1. The predicted octanol–water partition coefficient (Wildman–Crippen LogP) is 4.36. The minimum Gasteiger partial charge on any atom is -0.370 e. The molecule has 2 aromatic carbocycles. The number of amides is 1. The Hall–Kier alpha value is -1.80. The third kappa shape index (κ3) is 6.13. The number of anilines is 1. The second kappa shape index (κ2) is 10.2. The summed E-state index contributed by atoms with van der Waals surface area (Å²) in [7, 11) is -3.57. The van der Waals surface area contributed by atoms with Crippen molar-refractivity contribution in [2.45, 2.75) is 38.3 Å². The molecule has 0 radical (unpaired) electrons. The lowest BCUT2D eigenvalue weighted by molar-refractivity contribution is -0.119. The Morgan fingerprint density at radius 3 is 2.32 bits per heavy atom. The van der Waals surface area contributed by atoms with E-state index < -0.39 is 10.0 Å². The zero-order chi connectivity index (χ0) is 22.6. The maximum absolute atomic E-state index is 12.5. The molecule has 0 aliphatic carbocycles. The Labute approximate surface area is 194 Å². The van der Waals surface area contributed by atoms with Crippen LogP contribution in [-0.4, -0.2) is 38.6 Å². The van der Waals surface area contributed by atoms with Crippen molar-refractivity contribution in [3.8, 4) is 0 Å². The molecular weight excluding hydrogens is 457 g/mol. The van der Waals surface area contributed by atoms with E-state index in [0.717, 1.165) is 37.8 Å². The quantitative estimate of drug-likeness (QED) is 0.604. The molecule has 1 aliphatic rings. The van der Waals surface area contributed by atoms with Gasteiger partial charge >= 0.3 is 0 Å². The van der Waals surface area contributed by atoms with Crippen LogP contribution >= 0.6 is 23.2 Å². The molecule has 1 atom stereocenters. The highest BCUT2D eigenvalue weighted by molar-refractivity contribution is 7.92. The van der Waals surface area contributed by atoms with Crippen LogP contribution in [0.15, 0.2) is 42.5 Å². The summed E-state index contributed by atoms with van der Waals surface area (Å²) in [6, 6.07) is 12.3. The Kier molecular flexibility index (Phi) is 7.86. The number of sulfonamides is 1. The van der Waals surface area contributed by atoms with Crippen molar-refractivity contribution < 1.29 is 13.2 Å². The number of primary amides is 1. The molecule has 2 N–H and O–H groups in total. The van der Waals surface area contributed by atoms with E-state index in [1.54, 1.807) is 30.3 Å². The lowest BCUT2D eigenvalue weighted by Crippen LogP contribution is -2.36. The molecule has 0 spiro atoms. The highest BCUT2D eigenvalue weighted by Crippen LogP contribution is 2.32. The summed E-state index contributed by atoms with van der Waals surface area (Å²) in [5.41, 5.74) is 7.58. The molecule has 1 amide bonds. The lowest BCUT2D eigenvalue weighted by atomic mass is 9.98. The fourth-order valence-corrected chi connectivity index (χ4v) is 5.22. The summed E-state index contributed by atoms with van der Waals surface area (Å²) in [6.45, 7) is 1.90. The fraction of sp³-hybridized carbons (Fsp3) is 0.409. The Bertz CT molecular complexity index is 1020. The first-order chi connectivity index (χ1) is 14.7. The summed E-state index contributed by atoms with van der Waals surface area (Å²) >= 11 is 12.4. The standard InChI is InChI=1S/C22H27Cl2N3O3S/c1-31(29,30)27(15-17-6-5-7-19(23)22(17)24)18-10-8-16(9-11-18)20(14-21(25)28)26-12-3-2-4-13-26/h5-11,20H,2-4,12-15H2,1H3,(H2,25,28). The van der Waals surface area contributed by atoms with Crippen molar-refractivity contribution in [1.29, 1.82) is 0 Å². The number of hydrogen-bond acceptors (Lipinski definition) is 4. The lowest BCUT2D eigenvalue weighted by Gasteiger charge is -2.34. The van der Waals surface area contributed by atoms with E-state index in [-0.39, 0.29) is 24.9 Å². The zero-order valence-electron chi connectivity index (χ0n) is 17.4. The van der Waals surface area contributed by atoms with E-state index in [4.69, 9.17) is 28.9 Å². The van der Waals surface area contributed by atoms with Gasteiger partial charge in [-0.2, -0.15) is 0 Å². The predicted molar refractivity (Wildman–Crippen MR) is 126 cm³/mol. The average molecular weight is 484 g/mol. The molecule has 1 saturated heterocycles. The maximum Gasteiger partial charge on any atom is 0.232 e. The molecule has 1 aliphatic heterocycles. The van der Waals surface area contributed by atoms with Crippen LogP contribution in [0.3, 0.4) is 0 Å². The first-order valence-corrected chi connectivity index (χ1v) is 12.8. The fourth-order valence-electron chi connectivity index (χ4n) is 3.97. The summed E-state index contributed by atoms with van der Waals surface area (Å²) in [5.74, 6) is -0.354. The van der Waals surface area contributed by atoms with Crippen molar-refractivity contribution in [2.75, 3.05) is 23.7 Å². The Balaban J connectivity index is 1.89. The van der Waals surface area contributed by atoms with Gasteiger partial charge in [-0.25, -0.2) is 8.42 Å². The highest BCUT2D eigenvalue weighted by atomic mass is 35.5. The van der Waals surface area contributed by atoms with Gasteiger partial charge in [0.2, 0.25) is 15.9 Å². The summed E-state index contributed by atoms with van der Waals surface area (Å²) in [4.78, 5) is 14.0. The van der Waals surface area contributed by atoms with E-state index in [1.807, 2.05) is 12.1 Å². The van der Waals surface area contributed by atoms with Gasteiger partial charge < -0.3 is 5.73 Å². The van der Waals surface area contributed by atoms with Crippen LogP contribution in [0.2, 0.25) is 10.0 Å². The van der Waals surface area contributed by atoms with Gasteiger partial charge in [0, 0.05) is 12.5 Å². The van der Waals surface area contributed by atoms with Gasteiger partial charge in [-0.15, -0.1) is 0 Å². The maximum atomic E-state index is 12.5. The Morgan fingerprint density at radius 1 is 1.10 bits per heavy atom. The molecule has 1 fully saturated rings. The molecular formula is C22H27Cl2N3O3S. The number of rotatable bonds is 8. The minimum absolute atomic E-state index is 0.0639. The number of benzene rings is 2. The van der Waals surface area contributed by atoms with Gasteiger partial charge in [0.1, 0.15) is 0 Å². The summed E-state index contributed by atoms with van der Waals surface area (Å²) < 4.78 is 26.3. The normalized spacial score (nSPS) is 16.1. The van der Waals surface area contributed by atoms with E-state index in [2.05, 4.69) is 4.90 Å². The summed E-state index contributed by atoms with van der Waals surface area (Å²) in [6.07, 6.45) is 4.76. The molecule has 9 heteroatoms. The van der Waals surface area contributed by atoms with Gasteiger partial charge in [0.05, 0.1) is 28.5 Å². The number of halogens is 2. The molecule has 6 nitrogen and oxygen atoms in total. The third-order valence-corrected chi connectivity index (χ3v) is 7.54. The number of hydrogen-bond donors (Lipinski definition) is 1. The summed E-state index contributed by atoms with van der Waals surface area (Å²) in [5, 5.41) is 0.708.